The molecule has 21 heavy (non-hydrogen) atoms. The summed E-state index contributed by atoms with van der Waals surface area (Å²) in [6, 6.07) is 8.43. The van der Waals surface area contributed by atoms with Crippen molar-refractivity contribution in [3.63, 3.8) is 0 Å². The maximum atomic E-state index is 13.1. The molecule has 6 heteroatoms. The molecule has 0 aliphatic heterocycles. The van der Waals surface area contributed by atoms with Gasteiger partial charge in [0, 0.05) is 20.3 Å². The highest BCUT2D eigenvalue weighted by Gasteiger charge is 2.10. The molecule has 0 unspecified atom stereocenters. The summed E-state index contributed by atoms with van der Waals surface area (Å²) in [6.07, 6.45) is 0. The van der Waals surface area contributed by atoms with E-state index in [1.807, 2.05) is 12.1 Å². The van der Waals surface area contributed by atoms with Gasteiger partial charge < -0.3 is 14.8 Å². The van der Waals surface area contributed by atoms with E-state index >= 15 is 0 Å². The maximum Gasteiger partial charge on any atom is 0.161 e. The summed E-state index contributed by atoms with van der Waals surface area (Å²) in [5.74, 6) is 1.10. The number of nitrogens with one attached hydrogen (secondary N) is 1. The molecule has 0 saturated carbocycles. The first-order valence-corrected chi connectivity index (χ1v) is 8.01. The van der Waals surface area contributed by atoms with Crippen molar-refractivity contribution in [2.24, 2.45) is 0 Å². The van der Waals surface area contributed by atoms with E-state index in [-0.39, 0.29) is 5.82 Å². The Labute approximate surface area is 145 Å². The van der Waals surface area contributed by atoms with Gasteiger partial charge in [0.1, 0.15) is 5.82 Å². The minimum atomic E-state index is -0.239. The lowest BCUT2D eigenvalue weighted by Crippen LogP contribution is -2.03. The Bertz CT molecular complexity index is 652. The van der Waals surface area contributed by atoms with Crippen molar-refractivity contribution < 1.29 is 13.9 Å². The van der Waals surface area contributed by atoms with Crippen LogP contribution in [-0.4, -0.2) is 14.2 Å². The molecule has 2 aromatic carbocycles. The Kier molecular flexibility index (Phi) is 5.69. The molecule has 0 aromatic heterocycles. The van der Waals surface area contributed by atoms with Gasteiger partial charge in [-0.2, -0.15) is 0 Å². The molecular weight excluding hydrogens is 452 g/mol. The number of methoxy groups -OCH3 is 2. The van der Waals surface area contributed by atoms with Crippen LogP contribution in [0.4, 0.5) is 10.1 Å². The van der Waals surface area contributed by atoms with E-state index in [2.05, 4.69) is 43.8 Å². The molecule has 3 nitrogen and oxygen atoms in total. The molecule has 112 valence electrons. The monoisotopic (exact) mass is 465 g/mol. The summed E-state index contributed by atoms with van der Waals surface area (Å²) < 4.78 is 25.4. The highest BCUT2D eigenvalue weighted by molar-refractivity contribution is 14.1. The van der Waals surface area contributed by atoms with Crippen LogP contribution in [0.25, 0.3) is 0 Å². The molecule has 0 spiro atoms. The van der Waals surface area contributed by atoms with Crippen LogP contribution in [0, 0.1) is 9.39 Å². The summed E-state index contributed by atoms with van der Waals surface area (Å²) >= 11 is 5.62. The molecule has 2 aromatic rings. The SMILES string of the molecule is COc1cc(Br)c(CNc2ccc(F)cc2I)cc1OC. The average molecular weight is 466 g/mol. The zero-order chi connectivity index (χ0) is 15.4. The highest BCUT2D eigenvalue weighted by Crippen LogP contribution is 2.33. The second kappa shape index (κ2) is 7.31. The van der Waals surface area contributed by atoms with E-state index in [4.69, 9.17) is 9.47 Å². The summed E-state index contributed by atoms with van der Waals surface area (Å²) in [4.78, 5) is 0. The van der Waals surface area contributed by atoms with Gasteiger partial charge in [0.2, 0.25) is 0 Å². The van der Waals surface area contributed by atoms with Crippen molar-refractivity contribution in [2.45, 2.75) is 6.54 Å². The number of anilines is 1. The zero-order valence-electron chi connectivity index (χ0n) is 11.5. The van der Waals surface area contributed by atoms with Crippen LogP contribution in [0.15, 0.2) is 34.8 Å². The van der Waals surface area contributed by atoms with Crippen LogP contribution in [0.3, 0.4) is 0 Å². The summed E-state index contributed by atoms with van der Waals surface area (Å²) in [6.45, 7) is 0.586. The molecule has 0 saturated heterocycles. The first-order chi connectivity index (χ1) is 10.0. The lowest BCUT2D eigenvalue weighted by molar-refractivity contribution is 0.354. The largest absolute Gasteiger partial charge is 0.493 e. The van der Waals surface area contributed by atoms with Crippen molar-refractivity contribution >= 4 is 44.2 Å². The fraction of sp³-hybridized carbons (Fsp3) is 0.200. The smallest absolute Gasteiger partial charge is 0.161 e. The Hall–Kier alpha value is -1.02. The fourth-order valence-electron chi connectivity index (χ4n) is 1.86. The summed E-state index contributed by atoms with van der Waals surface area (Å²) in [7, 11) is 3.20. The van der Waals surface area contributed by atoms with Crippen molar-refractivity contribution in [1.82, 2.24) is 0 Å². The number of ether oxygens (including phenoxy) is 2. The van der Waals surface area contributed by atoms with Crippen LogP contribution in [0.1, 0.15) is 5.56 Å². The number of benzene rings is 2. The molecule has 0 heterocycles. The summed E-state index contributed by atoms with van der Waals surface area (Å²) in [5.41, 5.74) is 1.91. The molecular formula is C15H14BrFINO2. The quantitative estimate of drug-likeness (QED) is 0.642. The third-order valence-electron chi connectivity index (χ3n) is 2.95. The van der Waals surface area contributed by atoms with Gasteiger partial charge in [-0.3, -0.25) is 0 Å². The number of rotatable bonds is 5. The van der Waals surface area contributed by atoms with Crippen LogP contribution < -0.4 is 14.8 Å². The van der Waals surface area contributed by atoms with Gasteiger partial charge in [-0.05, 0) is 58.5 Å². The van der Waals surface area contributed by atoms with Gasteiger partial charge in [0.15, 0.2) is 11.5 Å². The second-order valence-electron chi connectivity index (χ2n) is 4.28. The molecule has 1 N–H and O–H groups in total. The highest BCUT2D eigenvalue weighted by atomic mass is 127. The lowest BCUT2D eigenvalue weighted by Gasteiger charge is -2.14. The van der Waals surface area contributed by atoms with E-state index in [1.54, 1.807) is 20.3 Å². The number of hydrogen-bond acceptors (Lipinski definition) is 3. The minimum absolute atomic E-state index is 0.239. The zero-order valence-corrected chi connectivity index (χ0v) is 15.3. The third-order valence-corrected chi connectivity index (χ3v) is 4.58. The van der Waals surface area contributed by atoms with Crippen molar-refractivity contribution in [1.29, 1.82) is 0 Å². The molecule has 0 amide bonds. The standard InChI is InChI=1S/C15H14BrFINO2/c1-20-14-5-9(11(16)7-15(14)21-2)8-19-13-4-3-10(17)6-12(13)18/h3-7,19H,8H2,1-2H3. The first-order valence-electron chi connectivity index (χ1n) is 6.14. The molecule has 0 atom stereocenters. The van der Waals surface area contributed by atoms with Gasteiger partial charge >= 0.3 is 0 Å². The van der Waals surface area contributed by atoms with E-state index < -0.39 is 0 Å². The van der Waals surface area contributed by atoms with E-state index in [1.165, 1.54) is 12.1 Å². The second-order valence-corrected chi connectivity index (χ2v) is 6.29. The molecule has 2 rings (SSSR count). The lowest BCUT2D eigenvalue weighted by atomic mass is 10.2. The summed E-state index contributed by atoms with van der Waals surface area (Å²) in [5, 5.41) is 3.29. The van der Waals surface area contributed by atoms with Gasteiger partial charge in [-0.1, -0.05) is 15.9 Å². The normalized spacial score (nSPS) is 10.3. The number of halogens is 3. The van der Waals surface area contributed by atoms with Crippen molar-refractivity contribution in [3.8, 4) is 11.5 Å². The Morgan fingerprint density at radius 1 is 1.14 bits per heavy atom. The Morgan fingerprint density at radius 3 is 2.43 bits per heavy atom. The number of hydrogen-bond donors (Lipinski definition) is 1. The molecule has 0 fully saturated rings. The van der Waals surface area contributed by atoms with Gasteiger partial charge in [0.05, 0.1) is 14.2 Å². The van der Waals surface area contributed by atoms with Crippen LogP contribution in [-0.2, 0) is 6.54 Å². The van der Waals surface area contributed by atoms with Gasteiger partial charge in [-0.15, -0.1) is 0 Å². The van der Waals surface area contributed by atoms with Crippen molar-refractivity contribution in [2.75, 3.05) is 19.5 Å². The predicted molar refractivity (Wildman–Crippen MR) is 93.7 cm³/mol. The molecule has 0 radical (unpaired) electrons. The minimum Gasteiger partial charge on any atom is -0.493 e. The van der Waals surface area contributed by atoms with Crippen LogP contribution in [0.5, 0.6) is 11.5 Å². The Balaban J connectivity index is 2.19. The van der Waals surface area contributed by atoms with Crippen LogP contribution in [0.2, 0.25) is 0 Å². The van der Waals surface area contributed by atoms with E-state index in [0.717, 1.165) is 19.3 Å². The third kappa shape index (κ3) is 4.00. The fourth-order valence-corrected chi connectivity index (χ4v) is 2.99. The first kappa shape index (κ1) is 16.4. The van der Waals surface area contributed by atoms with Gasteiger partial charge in [-0.25, -0.2) is 4.39 Å². The molecule has 0 aliphatic rings. The maximum absolute atomic E-state index is 13.1. The van der Waals surface area contributed by atoms with Gasteiger partial charge in [0.25, 0.3) is 0 Å². The van der Waals surface area contributed by atoms with E-state index in [9.17, 15) is 4.39 Å². The van der Waals surface area contributed by atoms with E-state index in [0.29, 0.717) is 18.0 Å². The predicted octanol–water partition coefficient (Wildman–Crippen LogP) is 4.82. The molecule has 0 aliphatic carbocycles. The van der Waals surface area contributed by atoms with Crippen LogP contribution >= 0.6 is 38.5 Å². The van der Waals surface area contributed by atoms with Crippen molar-refractivity contribution in [3.05, 3.63) is 49.8 Å². The topological polar surface area (TPSA) is 30.5 Å². The Morgan fingerprint density at radius 2 is 1.81 bits per heavy atom. The molecule has 0 bridgehead atoms. The average Bonchev–Trinajstić information content (AvgIpc) is 2.47.